The first-order valence-corrected chi connectivity index (χ1v) is 8.39. The van der Waals surface area contributed by atoms with Crippen LogP contribution in [0.3, 0.4) is 0 Å². The van der Waals surface area contributed by atoms with Gasteiger partial charge >= 0.3 is 0 Å². The Morgan fingerprint density at radius 1 is 1.45 bits per heavy atom. The Hall–Kier alpha value is -0.800. The minimum Gasteiger partial charge on any atom is -0.351 e. The van der Waals surface area contributed by atoms with E-state index in [0.29, 0.717) is 19.4 Å². The fourth-order valence-electron chi connectivity index (χ4n) is 2.56. The number of alkyl halides is 2. The largest absolute Gasteiger partial charge is 0.351 e. The lowest BCUT2D eigenvalue weighted by Crippen LogP contribution is -2.52. The summed E-state index contributed by atoms with van der Waals surface area (Å²) in [6, 6.07) is -1.22. The van der Waals surface area contributed by atoms with Gasteiger partial charge in [-0.2, -0.15) is 0 Å². The Morgan fingerprint density at radius 2 is 2.15 bits per heavy atom. The Kier molecular flexibility index (Phi) is 4.31. The number of nitrogens with one attached hydrogen (secondary N) is 2. The molecule has 2 rings (SSSR count). The summed E-state index contributed by atoms with van der Waals surface area (Å²) in [5.74, 6) is -3.34. The molecule has 0 saturated carbocycles. The highest BCUT2D eigenvalue weighted by Gasteiger charge is 2.42. The molecular formula is C11H19F2N3O3S. The second-order valence-electron chi connectivity index (χ2n) is 5.46. The molecule has 0 aromatic heterocycles. The van der Waals surface area contributed by atoms with Gasteiger partial charge in [-0.1, -0.05) is 0 Å². The third-order valence-electron chi connectivity index (χ3n) is 3.63. The first kappa shape index (κ1) is 15.6. The summed E-state index contributed by atoms with van der Waals surface area (Å²) >= 11 is 0. The van der Waals surface area contributed by atoms with Gasteiger partial charge < -0.3 is 5.32 Å². The zero-order valence-electron chi connectivity index (χ0n) is 11.2. The van der Waals surface area contributed by atoms with Crippen molar-refractivity contribution in [3.8, 4) is 0 Å². The highest BCUT2D eigenvalue weighted by atomic mass is 32.2. The molecule has 0 spiro atoms. The van der Waals surface area contributed by atoms with Gasteiger partial charge in [0.05, 0.1) is 18.8 Å². The van der Waals surface area contributed by atoms with Crippen molar-refractivity contribution in [2.75, 3.05) is 25.9 Å². The lowest BCUT2D eigenvalue weighted by atomic mass is 10.1. The van der Waals surface area contributed by atoms with Crippen LogP contribution < -0.4 is 10.6 Å². The molecule has 2 N–H and O–H groups in total. The number of hydrogen-bond donors (Lipinski definition) is 2. The molecule has 116 valence electrons. The molecule has 0 radical (unpaired) electrons. The molecular weight excluding hydrogens is 292 g/mol. The lowest BCUT2D eigenvalue weighted by molar-refractivity contribution is -0.124. The van der Waals surface area contributed by atoms with Crippen molar-refractivity contribution < 1.29 is 22.0 Å². The first-order chi connectivity index (χ1) is 9.17. The van der Waals surface area contributed by atoms with Gasteiger partial charge in [0.25, 0.3) is 5.92 Å². The SMILES string of the molecule is CS(=O)(=O)N1CCCC(NC(=O)C2CC(F)(F)CN2)C1. The summed E-state index contributed by atoms with van der Waals surface area (Å²) in [6.45, 7) is 0.143. The molecule has 9 heteroatoms. The van der Waals surface area contributed by atoms with Gasteiger partial charge in [0.15, 0.2) is 0 Å². The van der Waals surface area contributed by atoms with E-state index in [-0.39, 0.29) is 12.6 Å². The van der Waals surface area contributed by atoms with E-state index in [0.717, 1.165) is 6.26 Å². The maximum atomic E-state index is 13.0. The van der Waals surface area contributed by atoms with E-state index in [1.54, 1.807) is 0 Å². The average molecular weight is 311 g/mol. The molecule has 2 heterocycles. The molecule has 20 heavy (non-hydrogen) atoms. The van der Waals surface area contributed by atoms with Gasteiger partial charge in [0, 0.05) is 25.6 Å². The van der Waals surface area contributed by atoms with Gasteiger partial charge in [-0.3, -0.25) is 10.1 Å². The highest BCUT2D eigenvalue weighted by Crippen LogP contribution is 2.25. The fraction of sp³-hybridized carbons (Fsp3) is 0.909. The number of hydrogen-bond acceptors (Lipinski definition) is 4. The Labute approximate surface area is 116 Å². The van der Waals surface area contributed by atoms with Crippen LogP contribution in [-0.4, -0.2) is 62.5 Å². The molecule has 2 saturated heterocycles. The minimum atomic E-state index is -3.29. The summed E-state index contributed by atoms with van der Waals surface area (Å²) in [7, 11) is -3.29. The van der Waals surface area contributed by atoms with E-state index in [2.05, 4.69) is 10.6 Å². The van der Waals surface area contributed by atoms with Crippen LogP contribution in [0.1, 0.15) is 19.3 Å². The van der Waals surface area contributed by atoms with Gasteiger partial charge in [-0.25, -0.2) is 21.5 Å². The van der Waals surface area contributed by atoms with Crippen molar-refractivity contribution >= 4 is 15.9 Å². The Balaban J connectivity index is 1.89. The van der Waals surface area contributed by atoms with Crippen molar-refractivity contribution in [3.63, 3.8) is 0 Å². The average Bonchev–Trinajstić information content (AvgIpc) is 2.69. The maximum absolute atomic E-state index is 13.0. The lowest BCUT2D eigenvalue weighted by Gasteiger charge is -2.31. The van der Waals surface area contributed by atoms with Crippen molar-refractivity contribution in [1.29, 1.82) is 0 Å². The molecule has 2 fully saturated rings. The Morgan fingerprint density at radius 3 is 2.70 bits per heavy atom. The van der Waals surface area contributed by atoms with E-state index < -0.39 is 40.9 Å². The van der Waals surface area contributed by atoms with Crippen molar-refractivity contribution in [2.45, 2.75) is 37.3 Å². The van der Waals surface area contributed by atoms with E-state index in [4.69, 9.17) is 0 Å². The number of halogens is 2. The summed E-state index contributed by atoms with van der Waals surface area (Å²) in [5, 5.41) is 5.14. The third-order valence-corrected chi connectivity index (χ3v) is 4.90. The van der Waals surface area contributed by atoms with Crippen LogP contribution in [0.15, 0.2) is 0 Å². The maximum Gasteiger partial charge on any atom is 0.262 e. The zero-order chi connectivity index (χ0) is 15.0. The van der Waals surface area contributed by atoms with Gasteiger partial charge in [-0.05, 0) is 12.8 Å². The molecule has 0 aromatic rings. The normalized spacial score (nSPS) is 31.1. The number of carbonyl (C=O) groups excluding carboxylic acids is 1. The van der Waals surface area contributed by atoms with Gasteiger partial charge in [0.1, 0.15) is 0 Å². The summed E-state index contributed by atoms with van der Waals surface area (Å²) < 4.78 is 50.3. The molecule has 2 aliphatic rings. The minimum absolute atomic E-state index is 0.202. The zero-order valence-corrected chi connectivity index (χ0v) is 12.0. The van der Waals surface area contributed by atoms with E-state index >= 15 is 0 Å². The molecule has 0 bridgehead atoms. The first-order valence-electron chi connectivity index (χ1n) is 6.54. The van der Waals surface area contributed by atoms with E-state index in [9.17, 15) is 22.0 Å². The quantitative estimate of drug-likeness (QED) is 0.738. The second-order valence-corrected chi connectivity index (χ2v) is 7.44. The molecule has 1 amide bonds. The van der Waals surface area contributed by atoms with Crippen LogP contribution in [-0.2, 0) is 14.8 Å². The second kappa shape index (κ2) is 5.53. The third kappa shape index (κ3) is 3.86. The topological polar surface area (TPSA) is 78.5 Å². The highest BCUT2D eigenvalue weighted by molar-refractivity contribution is 7.88. The van der Waals surface area contributed by atoms with Crippen LogP contribution in [0, 0.1) is 0 Å². The molecule has 6 nitrogen and oxygen atoms in total. The Bertz CT molecular complexity index is 483. The number of nitrogens with zero attached hydrogens (tertiary/aromatic N) is 1. The predicted octanol–water partition coefficient (Wildman–Crippen LogP) is -0.476. The van der Waals surface area contributed by atoms with Crippen LogP contribution in [0.5, 0.6) is 0 Å². The predicted molar refractivity (Wildman–Crippen MR) is 68.9 cm³/mol. The van der Waals surface area contributed by atoms with Crippen LogP contribution >= 0.6 is 0 Å². The molecule has 2 aliphatic heterocycles. The van der Waals surface area contributed by atoms with Crippen molar-refractivity contribution in [3.05, 3.63) is 0 Å². The number of carbonyl (C=O) groups is 1. The number of piperidine rings is 1. The summed E-state index contributed by atoms with van der Waals surface area (Å²) in [4.78, 5) is 11.9. The van der Waals surface area contributed by atoms with Crippen LogP contribution in [0.4, 0.5) is 8.78 Å². The van der Waals surface area contributed by atoms with Gasteiger partial charge in [0.2, 0.25) is 15.9 Å². The number of amides is 1. The fourth-order valence-corrected chi connectivity index (χ4v) is 3.48. The number of rotatable bonds is 3. The molecule has 0 aliphatic carbocycles. The summed E-state index contributed by atoms with van der Waals surface area (Å²) in [5.41, 5.74) is 0. The monoisotopic (exact) mass is 311 g/mol. The molecule has 2 atom stereocenters. The molecule has 2 unspecified atom stereocenters. The smallest absolute Gasteiger partial charge is 0.262 e. The van der Waals surface area contributed by atoms with Gasteiger partial charge in [-0.15, -0.1) is 0 Å². The van der Waals surface area contributed by atoms with E-state index in [1.807, 2.05) is 0 Å². The van der Waals surface area contributed by atoms with Crippen molar-refractivity contribution in [2.24, 2.45) is 0 Å². The van der Waals surface area contributed by atoms with Crippen LogP contribution in [0.2, 0.25) is 0 Å². The standard InChI is InChI=1S/C11H19F2N3O3S/c1-20(18,19)16-4-2-3-8(6-16)15-10(17)9-5-11(12,13)7-14-9/h8-9,14H,2-7H2,1H3,(H,15,17). The van der Waals surface area contributed by atoms with Crippen LogP contribution in [0.25, 0.3) is 0 Å². The molecule has 0 aromatic carbocycles. The van der Waals surface area contributed by atoms with E-state index in [1.165, 1.54) is 4.31 Å². The van der Waals surface area contributed by atoms with Crippen molar-refractivity contribution in [1.82, 2.24) is 14.9 Å². The number of sulfonamides is 1. The summed E-state index contributed by atoms with van der Waals surface area (Å²) in [6.07, 6.45) is 1.91.